The lowest BCUT2D eigenvalue weighted by molar-refractivity contribution is -0.128. The number of nitriles is 1. The molecule has 2 N–H and O–H groups in total. The molecule has 7 heteroatoms. The van der Waals surface area contributed by atoms with Crippen LogP contribution in [0.4, 0.5) is 0 Å². The summed E-state index contributed by atoms with van der Waals surface area (Å²) in [6.45, 7) is 20.9. The maximum atomic E-state index is 13.0. The lowest BCUT2D eigenvalue weighted by Crippen LogP contribution is -2.53. The summed E-state index contributed by atoms with van der Waals surface area (Å²) in [5.74, 6) is -0.366. The van der Waals surface area contributed by atoms with Crippen LogP contribution in [0, 0.1) is 56.2 Å². The van der Waals surface area contributed by atoms with E-state index in [1.165, 1.54) is 6.92 Å². The number of hydrogen-bond acceptors (Lipinski definition) is 5. The number of nitrogens with one attached hydrogen (secondary N) is 2. The predicted molar refractivity (Wildman–Crippen MR) is 169 cm³/mol. The van der Waals surface area contributed by atoms with Crippen LogP contribution >= 0.6 is 0 Å². The molecule has 0 aromatic carbocycles. The van der Waals surface area contributed by atoms with Crippen LogP contribution in [-0.2, 0) is 19.2 Å². The van der Waals surface area contributed by atoms with Crippen LogP contribution in [0.15, 0.2) is 23.3 Å². The standard InChI is InChI=1S/C36H55N3O4/c1-23-20-32(5,6)15-17-36(23,14-12-30(42)39-38-26(4)41)18-16-33(7,8)35(10)13-11-28-25(3)31(43)27(22-37)21-34(28,9)29(35)19-24(2)40/h19,21,23,25,28H,11-18,20H2,1-10H3,(H,38,41)(H,39,42)/b29-19-/t23?,25-,28-,34-,35+,36+/m0/s1. The highest BCUT2D eigenvalue weighted by Gasteiger charge is 2.58. The first-order valence-corrected chi connectivity index (χ1v) is 16.2. The number of carbonyl (C=O) groups is 4. The molecule has 7 nitrogen and oxygen atoms in total. The molecule has 0 aromatic rings. The molecule has 0 radical (unpaired) electrons. The Bertz CT molecular complexity index is 1250. The molecule has 1 unspecified atom stereocenters. The monoisotopic (exact) mass is 593 g/mol. The number of ketones is 2. The first-order chi connectivity index (χ1) is 19.7. The van der Waals surface area contributed by atoms with Crippen molar-refractivity contribution in [3.05, 3.63) is 23.3 Å². The van der Waals surface area contributed by atoms with Gasteiger partial charge in [-0.05, 0) is 97.9 Å². The highest BCUT2D eigenvalue weighted by atomic mass is 16.2. The minimum Gasteiger partial charge on any atom is -0.295 e. The van der Waals surface area contributed by atoms with Crippen molar-refractivity contribution in [1.29, 1.82) is 5.26 Å². The maximum Gasteiger partial charge on any atom is 0.238 e. The van der Waals surface area contributed by atoms with Crippen molar-refractivity contribution in [3.8, 4) is 6.07 Å². The number of hydrogen-bond donors (Lipinski definition) is 2. The molecule has 0 aliphatic heterocycles. The fourth-order valence-corrected chi connectivity index (χ4v) is 9.00. The first kappa shape index (κ1) is 34.7. The van der Waals surface area contributed by atoms with Gasteiger partial charge in [-0.2, -0.15) is 5.26 Å². The first-order valence-electron chi connectivity index (χ1n) is 16.2. The number of rotatable bonds is 8. The van der Waals surface area contributed by atoms with Crippen molar-refractivity contribution in [2.45, 2.75) is 127 Å². The quantitative estimate of drug-likeness (QED) is 0.228. The number of Topliss-reactive ketones (excluding diaryl/α,β-unsaturated/α-hetero) is 1. The molecule has 0 spiro atoms. The van der Waals surface area contributed by atoms with Crippen molar-refractivity contribution in [3.63, 3.8) is 0 Å². The molecule has 238 valence electrons. The van der Waals surface area contributed by atoms with Crippen molar-refractivity contribution < 1.29 is 19.2 Å². The molecule has 2 saturated carbocycles. The molecule has 0 saturated heterocycles. The minimum absolute atomic E-state index is 0.0120. The normalized spacial score (nSPS) is 34.9. The van der Waals surface area contributed by atoms with Crippen molar-refractivity contribution >= 4 is 23.4 Å². The Kier molecular flexibility index (Phi) is 9.96. The van der Waals surface area contributed by atoms with E-state index in [0.29, 0.717) is 12.3 Å². The van der Waals surface area contributed by atoms with Crippen molar-refractivity contribution in [2.24, 2.45) is 44.8 Å². The van der Waals surface area contributed by atoms with Gasteiger partial charge in [0.2, 0.25) is 11.8 Å². The van der Waals surface area contributed by atoms with Gasteiger partial charge in [0.1, 0.15) is 6.07 Å². The van der Waals surface area contributed by atoms with E-state index in [2.05, 4.69) is 65.4 Å². The van der Waals surface area contributed by atoms with Gasteiger partial charge in [-0.25, -0.2) is 0 Å². The average molecular weight is 594 g/mol. The zero-order chi connectivity index (χ0) is 32.6. The highest BCUT2D eigenvalue weighted by molar-refractivity contribution is 6.02. The molecular weight excluding hydrogens is 538 g/mol. The second kappa shape index (κ2) is 12.3. The summed E-state index contributed by atoms with van der Waals surface area (Å²) in [4.78, 5) is 49.7. The topological polar surface area (TPSA) is 116 Å². The van der Waals surface area contributed by atoms with Crippen LogP contribution in [0.2, 0.25) is 0 Å². The number of carbonyl (C=O) groups excluding carboxylic acids is 4. The Morgan fingerprint density at radius 2 is 1.70 bits per heavy atom. The number of amides is 2. The Hall–Kier alpha value is -2.75. The SMILES string of the molecule is CC(=O)/C=C1/[C@@]2(C)C=C(C#N)C(=O)[C@@H](C)[C@@H]2CC[C@@]1(C)C(C)(C)CC[C@@]1(CCC(=O)NNC(C)=O)CCC(C)(C)CC1C. The average Bonchev–Trinajstić information content (AvgIpc) is 2.90. The van der Waals surface area contributed by atoms with E-state index in [9.17, 15) is 24.4 Å². The van der Waals surface area contributed by atoms with Gasteiger partial charge < -0.3 is 0 Å². The summed E-state index contributed by atoms with van der Waals surface area (Å²) >= 11 is 0. The summed E-state index contributed by atoms with van der Waals surface area (Å²) in [5.41, 5.74) is 5.36. The molecule has 0 aromatic heterocycles. The van der Waals surface area contributed by atoms with E-state index in [0.717, 1.165) is 56.9 Å². The third-order valence-electron chi connectivity index (χ3n) is 12.3. The van der Waals surface area contributed by atoms with Gasteiger partial charge in [0.05, 0.1) is 5.57 Å². The second-order valence-electron chi connectivity index (χ2n) is 16.0. The van der Waals surface area contributed by atoms with Crippen LogP contribution in [0.5, 0.6) is 0 Å². The summed E-state index contributed by atoms with van der Waals surface area (Å²) in [7, 11) is 0. The molecule has 3 aliphatic rings. The number of allylic oxidation sites excluding steroid dienone is 4. The smallest absolute Gasteiger partial charge is 0.238 e. The zero-order valence-corrected chi connectivity index (χ0v) is 28.3. The Morgan fingerprint density at radius 3 is 2.26 bits per heavy atom. The Balaban J connectivity index is 1.97. The van der Waals surface area contributed by atoms with E-state index < -0.39 is 5.41 Å². The van der Waals surface area contributed by atoms with E-state index >= 15 is 0 Å². The molecule has 0 heterocycles. The van der Waals surface area contributed by atoms with Gasteiger partial charge in [0.15, 0.2) is 11.6 Å². The van der Waals surface area contributed by atoms with Gasteiger partial charge in [-0.15, -0.1) is 0 Å². The van der Waals surface area contributed by atoms with Crippen LogP contribution < -0.4 is 10.9 Å². The third kappa shape index (κ3) is 6.84. The molecule has 2 fully saturated rings. The Labute approximate surface area is 259 Å². The fraction of sp³-hybridized carbons (Fsp3) is 0.750. The molecular formula is C36H55N3O4. The molecule has 43 heavy (non-hydrogen) atoms. The van der Waals surface area contributed by atoms with Crippen LogP contribution in [0.25, 0.3) is 0 Å². The van der Waals surface area contributed by atoms with Gasteiger partial charge in [0.25, 0.3) is 0 Å². The van der Waals surface area contributed by atoms with Crippen molar-refractivity contribution in [2.75, 3.05) is 0 Å². The van der Waals surface area contributed by atoms with E-state index in [-0.39, 0.29) is 62.4 Å². The summed E-state index contributed by atoms with van der Waals surface area (Å²) < 4.78 is 0. The fourth-order valence-electron chi connectivity index (χ4n) is 9.00. The van der Waals surface area contributed by atoms with Crippen LogP contribution in [0.3, 0.4) is 0 Å². The zero-order valence-electron chi connectivity index (χ0n) is 28.3. The van der Waals surface area contributed by atoms with Gasteiger partial charge >= 0.3 is 0 Å². The van der Waals surface area contributed by atoms with E-state index in [1.54, 1.807) is 13.0 Å². The maximum absolute atomic E-state index is 13.0. The summed E-state index contributed by atoms with van der Waals surface area (Å²) in [5, 5.41) is 9.84. The highest BCUT2D eigenvalue weighted by Crippen LogP contribution is 2.66. The molecule has 3 aliphatic carbocycles. The number of hydrazine groups is 1. The predicted octanol–water partition coefficient (Wildman–Crippen LogP) is 7.18. The van der Waals surface area contributed by atoms with E-state index in [1.807, 2.05) is 13.0 Å². The van der Waals surface area contributed by atoms with Crippen LogP contribution in [-0.4, -0.2) is 23.4 Å². The lowest BCUT2D eigenvalue weighted by Gasteiger charge is -2.60. The number of fused-ring (bicyclic) bond motifs is 1. The lowest BCUT2D eigenvalue weighted by atomic mass is 9.44. The van der Waals surface area contributed by atoms with E-state index in [4.69, 9.17) is 0 Å². The largest absolute Gasteiger partial charge is 0.295 e. The molecule has 3 rings (SSSR count). The van der Waals surface area contributed by atoms with Gasteiger partial charge in [-0.3, -0.25) is 30.0 Å². The second-order valence-corrected chi connectivity index (χ2v) is 16.0. The summed E-state index contributed by atoms with van der Waals surface area (Å²) in [6.07, 6.45) is 11.6. The molecule has 2 amide bonds. The molecule has 0 bridgehead atoms. The summed E-state index contributed by atoms with van der Waals surface area (Å²) in [6, 6.07) is 2.15. The Morgan fingerprint density at radius 1 is 1.05 bits per heavy atom. The van der Waals surface area contributed by atoms with Gasteiger partial charge in [-0.1, -0.05) is 67.0 Å². The third-order valence-corrected chi connectivity index (χ3v) is 12.3. The van der Waals surface area contributed by atoms with Crippen molar-refractivity contribution in [1.82, 2.24) is 10.9 Å². The molecule has 6 atom stereocenters. The minimum atomic E-state index is -0.560. The van der Waals surface area contributed by atoms with Crippen LogP contribution in [0.1, 0.15) is 127 Å². The van der Waals surface area contributed by atoms with Gasteiger partial charge in [0, 0.05) is 24.7 Å². The number of nitrogens with zero attached hydrogens (tertiary/aromatic N) is 1.